The number of carbonyl (C=O) groups is 1. The van der Waals surface area contributed by atoms with Crippen molar-refractivity contribution in [3.8, 4) is 0 Å². The Morgan fingerprint density at radius 2 is 2.54 bits per heavy atom. The Morgan fingerprint density at radius 3 is 3.08 bits per heavy atom. The minimum absolute atomic E-state index is 0.173. The third-order valence-corrected chi connectivity index (χ3v) is 2.99. The van der Waals surface area contributed by atoms with Crippen molar-refractivity contribution in [1.82, 2.24) is 10.6 Å². The second kappa shape index (κ2) is 5.34. The van der Waals surface area contributed by atoms with Gasteiger partial charge in [-0.2, -0.15) is 11.8 Å². The van der Waals surface area contributed by atoms with Crippen molar-refractivity contribution in [2.45, 2.75) is 25.5 Å². The average Bonchev–Trinajstić information content (AvgIpc) is 2.53. The molecule has 2 unspecified atom stereocenters. The number of hydrogen-bond donors (Lipinski definition) is 3. The van der Waals surface area contributed by atoms with Crippen molar-refractivity contribution in [2.75, 3.05) is 18.1 Å². The average molecular weight is 204 g/mol. The first-order valence-electron chi connectivity index (χ1n) is 4.48. The van der Waals surface area contributed by atoms with Crippen molar-refractivity contribution >= 4 is 17.8 Å². The number of aliphatic hydroxyl groups excluding tert-OH is 1. The van der Waals surface area contributed by atoms with Gasteiger partial charge in [-0.1, -0.05) is 0 Å². The third-order valence-electron chi connectivity index (χ3n) is 1.82. The summed E-state index contributed by atoms with van der Waals surface area (Å²) in [5.74, 6) is 2.13. The second-order valence-electron chi connectivity index (χ2n) is 3.26. The van der Waals surface area contributed by atoms with Crippen molar-refractivity contribution < 1.29 is 9.90 Å². The Kier molecular flexibility index (Phi) is 4.38. The molecule has 0 aromatic carbocycles. The molecular weight excluding hydrogens is 188 g/mol. The minimum Gasteiger partial charge on any atom is -0.392 e. The predicted octanol–water partition coefficient (Wildman–Crippen LogP) is 0.172. The van der Waals surface area contributed by atoms with E-state index < -0.39 is 6.10 Å². The maximum absolute atomic E-state index is 11.2. The normalized spacial score (nSPS) is 24.0. The lowest BCUT2D eigenvalue weighted by molar-refractivity contribution is 0.187. The molecule has 1 saturated heterocycles. The van der Waals surface area contributed by atoms with Crippen LogP contribution in [0.2, 0.25) is 0 Å². The van der Waals surface area contributed by atoms with Gasteiger partial charge in [0.15, 0.2) is 0 Å². The molecule has 13 heavy (non-hydrogen) atoms. The third kappa shape index (κ3) is 4.38. The molecule has 1 rings (SSSR count). The van der Waals surface area contributed by atoms with E-state index in [1.807, 2.05) is 11.8 Å². The fraction of sp³-hybridized carbons (Fsp3) is 0.875. The van der Waals surface area contributed by atoms with Gasteiger partial charge in [-0.15, -0.1) is 0 Å². The van der Waals surface area contributed by atoms with Gasteiger partial charge < -0.3 is 15.7 Å². The molecule has 0 bridgehead atoms. The standard InChI is InChI=1S/C8H16N2O2S/c1-6(11)4-9-8(12)10-7-2-3-13-5-7/h6-7,11H,2-5H2,1H3,(H2,9,10,12). The highest BCUT2D eigenvalue weighted by molar-refractivity contribution is 7.99. The van der Waals surface area contributed by atoms with E-state index in [2.05, 4.69) is 10.6 Å². The first kappa shape index (κ1) is 10.7. The zero-order valence-corrected chi connectivity index (χ0v) is 8.56. The number of urea groups is 1. The molecule has 0 spiro atoms. The fourth-order valence-corrected chi connectivity index (χ4v) is 2.28. The molecule has 3 N–H and O–H groups in total. The van der Waals surface area contributed by atoms with Crippen LogP contribution in [0.4, 0.5) is 4.79 Å². The highest BCUT2D eigenvalue weighted by atomic mass is 32.2. The predicted molar refractivity (Wildman–Crippen MR) is 53.9 cm³/mol. The summed E-state index contributed by atoms with van der Waals surface area (Å²) in [7, 11) is 0. The lowest BCUT2D eigenvalue weighted by Crippen LogP contribution is -2.44. The van der Waals surface area contributed by atoms with Gasteiger partial charge in [0, 0.05) is 18.3 Å². The zero-order chi connectivity index (χ0) is 9.68. The molecule has 0 saturated carbocycles. The Balaban J connectivity index is 2.09. The van der Waals surface area contributed by atoms with E-state index in [1.54, 1.807) is 6.92 Å². The number of aliphatic hydroxyl groups is 1. The van der Waals surface area contributed by atoms with E-state index in [0.29, 0.717) is 12.6 Å². The summed E-state index contributed by atoms with van der Waals surface area (Å²) in [6.07, 6.45) is 0.566. The number of amides is 2. The molecular formula is C8H16N2O2S. The number of hydrogen-bond acceptors (Lipinski definition) is 3. The van der Waals surface area contributed by atoms with Gasteiger partial charge >= 0.3 is 6.03 Å². The lowest BCUT2D eigenvalue weighted by Gasteiger charge is -2.12. The van der Waals surface area contributed by atoms with Crippen LogP contribution in [0.3, 0.4) is 0 Å². The minimum atomic E-state index is -0.483. The topological polar surface area (TPSA) is 61.4 Å². The maximum Gasteiger partial charge on any atom is 0.315 e. The van der Waals surface area contributed by atoms with Crippen LogP contribution in [-0.4, -0.2) is 41.3 Å². The first-order valence-corrected chi connectivity index (χ1v) is 5.64. The van der Waals surface area contributed by atoms with Gasteiger partial charge in [-0.3, -0.25) is 0 Å². The van der Waals surface area contributed by atoms with Gasteiger partial charge in [0.1, 0.15) is 0 Å². The quantitative estimate of drug-likeness (QED) is 0.614. The molecule has 1 aliphatic rings. The van der Waals surface area contributed by atoms with E-state index >= 15 is 0 Å². The van der Waals surface area contributed by atoms with Crippen LogP contribution in [0.5, 0.6) is 0 Å². The molecule has 0 aromatic rings. The molecule has 1 aliphatic heterocycles. The molecule has 4 nitrogen and oxygen atoms in total. The summed E-state index contributed by atoms with van der Waals surface area (Å²) in [6, 6.07) is 0.132. The number of carbonyl (C=O) groups excluding carboxylic acids is 1. The van der Waals surface area contributed by atoms with Crippen LogP contribution in [0, 0.1) is 0 Å². The Labute approximate surface area is 82.5 Å². The van der Waals surface area contributed by atoms with E-state index in [9.17, 15) is 4.79 Å². The van der Waals surface area contributed by atoms with Crippen LogP contribution in [0.15, 0.2) is 0 Å². The number of thioether (sulfide) groups is 1. The molecule has 5 heteroatoms. The summed E-state index contributed by atoms with van der Waals surface area (Å²) >= 11 is 1.86. The first-order chi connectivity index (χ1) is 6.18. The highest BCUT2D eigenvalue weighted by Crippen LogP contribution is 2.16. The van der Waals surface area contributed by atoms with Crippen LogP contribution in [0.25, 0.3) is 0 Å². The van der Waals surface area contributed by atoms with Gasteiger partial charge in [-0.25, -0.2) is 4.79 Å². The lowest BCUT2D eigenvalue weighted by atomic mass is 10.3. The van der Waals surface area contributed by atoms with Gasteiger partial charge in [0.05, 0.1) is 6.10 Å². The SMILES string of the molecule is CC(O)CNC(=O)NC1CCSC1. The van der Waals surface area contributed by atoms with E-state index in [1.165, 1.54) is 0 Å². The smallest absolute Gasteiger partial charge is 0.315 e. The van der Waals surface area contributed by atoms with Crippen LogP contribution in [-0.2, 0) is 0 Å². The van der Waals surface area contributed by atoms with Gasteiger partial charge in [0.2, 0.25) is 0 Å². The summed E-state index contributed by atoms with van der Waals surface area (Å²) in [5.41, 5.74) is 0. The largest absolute Gasteiger partial charge is 0.392 e. The Hall–Kier alpha value is -0.420. The number of rotatable bonds is 3. The Bertz CT molecular complexity index is 170. The fourth-order valence-electron chi connectivity index (χ4n) is 1.13. The highest BCUT2D eigenvalue weighted by Gasteiger charge is 2.17. The summed E-state index contributed by atoms with van der Waals surface area (Å²) in [6.45, 7) is 1.96. The monoisotopic (exact) mass is 204 g/mol. The molecule has 1 heterocycles. The van der Waals surface area contributed by atoms with Crippen LogP contribution < -0.4 is 10.6 Å². The zero-order valence-electron chi connectivity index (χ0n) is 7.75. The van der Waals surface area contributed by atoms with Crippen molar-refractivity contribution in [1.29, 1.82) is 0 Å². The molecule has 0 aliphatic carbocycles. The molecule has 2 atom stereocenters. The van der Waals surface area contributed by atoms with E-state index in [4.69, 9.17) is 5.11 Å². The molecule has 2 amide bonds. The van der Waals surface area contributed by atoms with Crippen molar-refractivity contribution in [2.24, 2.45) is 0 Å². The van der Waals surface area contributed by atoms with Crippen molar-refractivity contribution in [3.05, 3.63) is 0 Å². The van der Waals surface area contributed by atoms with Crippen LogP contribution >= 0.6 is 11.8 Å². The summed E-state index contributed by atoms with van der Waals surface area (Å²) in [4.78, 5) is 11.2. The van der Waals surface area contributed by atoms with Crippen molar-refractivity contribution in [3.63, 3.8) is 0 Å². The van der Waals surface area contributed by atoms with Gasteiger partial charge in [0.25, 0.3) is 0 Å². The summed E-state index contributed by atoms with van der Waals surface area (Å²) < 4.78 is 0. The maximum atomic E-state index is 11.2. The van der Waals surface area contributed by atoms with E-state index in [-0.39, 0.29) is 6.03 Å². The molecule has 0 aromatic heterocycles. The number of nitrogens with one attached hydrogen (secondary N) is 2. The Morgan fingerprint density at radius 1 is 1.77 bits per heavy atom. The van der Waals surface area contributed by atoms with Gasteiger partial charge in [-0.05, 0) is 19.1 Å². The molecule has 76 valence electrons. The second-order valence-corrected chi connectivity index (χ2v) is 4.41. The summed E-state index contributed by atoms with van der Waals surface area (Å²) in [5, 5.41) is 14.4. The molecule has 0 radical (unpaired) electrons. The van der Waals surface area contributed by atoms with E-state index in [0.717, 1.165) is 17.9 Å². The van der Waals surface area contributed by atoms with Crippen LogP contribution in [0.1, 0.15) is 13.3 Å². The molecule has 1 fully saturated rings.